The van der Waals surface area contributed by atoms with Gasteiger partial charge in [0.1, 0.15) is 11.0 Å². The van der Waals surface area contributed by atoms with Crippen molar-refractivity contribution in [2.24, 2.45) is 0 Å². The molecule has 0 N–H and O–H groups in total. The number of benzene rings is 1. The van der Waals surface area contributed by atoms with E-state index in [-0.39, 0.29) is 0 Å². The molecule has 0 saturated carbocycles. The molecule has 4 heteroatoms. The maximum absolute atomic E-state index is 5.94. The van der Waals surface area contributed by atoms with Crippen LogP contribution >= 0.6 is 11.6 Å². The van der Waals surface area contributed by atoms with Gasteiger partial charge >= 0.3 is 0 Å². The fourth-order valence-electron chi connectivity index (χ4n) is 1.87. The van der Waals surface area contributed by atoms with Gasteiger partial charge in [-0.3, -0.25) is 0 Å². The summed E-state index contributed by atoms with van der Waals surface area (Å²) in [7, 11) is 0. The zero-order valence-corrected chi connectivity index (χ0v) is 10.5. The lowest BCUT2D eigenvalue weighted by molar-refractivity contribution is 1.05. The van der Waals surface area contributed by atoms with E-state index < -0.39 is 0 Å². The van der Waals surface area contributed by atoms with E-state index in [1.54, 1.807) is 6.07 Å². The van der Waals surface area contributed by atoms with Crippen molar-refractivity contribution in [1.82, 2.24) is 15.0 Å². The van der Waals surface area contributed by atoms with Crippen LogP contribution in [0.2, 0.25) is 5.15 Å². The molecule has 3 nitrogen and oxygen atoms in total. The van der Waals surface area contributed by atoms with Crippen molar-refractivity contribution < 1.29 is 0 Å². The van der Waals surface area contributed by atoms with Crippen LogP contribution in [0.1, 0.15) is 5.82 Å². The monoisotopic (exact) mass is 255 g/mol. The van der Waals surface area contributed by atoms with Gasteiger partial charge in [0, 0.05) is 11.5 Å². The third kappa shape index (κ3) is 2.05. The van der Waals surface area contributed by atoms with Crippen molar-refractivity contribution in [2.75, 3.05) is 0 Å². The predicted molar refractivity (Wildman–Crippen MR) is 72.5 cm³/mol. The summed E-state index contributed by atoms with van der Waals surface area (Å²) < 4.78 is 0. The summed E-state index contributed by atoms with van der Waals surface area (Å²) >= 11 is 5.94. The van der Waals surface area contributed by atoms with Crippen LogP contribution in [0.25, 0.3) is 22.3 Å². The first-order chi connectivity index (χ1) is 8.72. The number of hydrogen-bond acceptors (Lipinski definition) is 3. The smallest absolute Gasteiger partial charge is 0.133 e. The summed E-state index contributed by atoms with van der Waals surface area (Å²) in [6.07, 6.45) is 0. The number of hydrogen-bond donors (Lipinski definition) is 0. The lowest BCUT2D eigenvalue weighted by atomic mass is 10.2. The molecule has 88 valence electrons. The Morgan fingerprint density at radius 2 is 1.72 bits per heavy atom. The SMILES string of the molecule is Cc1nc(Cl)cc(-c2ccc3ccccc3n2)n1. The largest absolute Gasteiger partial charge is 0.246 e. The molecule has 0 unspecified atom stereocenters. The van der Waals surface area contributed by atoms with Gasteiger partial charge in [-0.15, -0.1) is 0 Å². The highest BCUT2D eigenvalue weighted by molar-refractivity contribution is 6.29. The Balaban J connectivity index is 2.19. The van der Waals surface area contributed by atoms with Gasteiger partial charge in [0.2, 0.25) is 0 Å². The van der Waals surface area contributed by atoms with Crippen LogP contribution in [0.3, 0.4) is 0 Å². The first-order valence-corrected chi connectivity index (χ1v) is 5.97. The Labute approximate surface area is 109 Å². The zero-order chi connectivity index (χ0) is 12.5. The van der Waals surface area contributed by atoms with Crippen LogP contribution in [-0.4, -0.2) is 15.0 Å². The van der Waals surface area contributed by atoms with Gasteiger partial charge in [-0.1, -0.05) is 35.9 Å². The molecule has 0 fully saturated rings. The molecule has 2 aromatic heterocycles. The number of para-hydroxylation sites is 1. The Morgan fingerprint density at radius 3 is 2.56 bits per heavy atom. The maximum Gasteiger partial charge on any atom is 0.133 e. The minimum Gasteiger partial charge on any atom is -0.246 e. The lowest BCUT2D eigenvalue weighted by Crippen LogP contribution is -1.93. The summed E-state index contributed by atoms with van der Waals surface area (Å²) in [4.78, 5) is 13.0. The van der Waals surface area contributed by atoms with Gasteiger partial charge in [-0.2, -0.15) is 0 Å². The summed E-state index contributed by atoms with van der Waals surface area (Å²) in [5.41, 5.74) is 2.50. The van der Waals surface area contributed by atoms with Crippen molar-refractivity contribution >= 4 is 22.5 Å². The molecule has 1 aromatic carbocycles. The summed E-state index contributed by atoms with van der Waals surface area (Å²) in [5.74, 6) is 0.646. The molecule has 2 heterocycles. The highest BCUT2D eigenvalue weighted by Crippen LogP contribution is 2.21. The van der Waals surface area contributed by atoms with E-state index in [2.05, 4.69) is 15.0 Å². The van der Waals surface area contributed by atoms with E-state index in [4.69, 9.17) is 11.6 Å². The van der Waals surface area contributed by atoms with Crippen molar-refractivity contribution in [3.05, 3.63) is 53.4 Å². The van der Waals surface area contributed by atoms with Gasteiger partial charge in [0.15, 0.2) is 0 Å². The summed E-state index contributed by atoms with van der Waals surface area (Å²) in [6, 6.07) is 13.7. The van der Waals surface area contributed by atoms with Crippen molar-refractivity contribution in [1.29, 1.82) is 0 Å². The Hall–Kier alpha value is -2.00. The quantitative estimate of drug-likeness (QED) is 0.623. The second-order valence-electron chi connectivity index (χ2n) is 4.01. The molecule has 0 atom stereocenters. The minimum atomic E-state index is 0.437. The molecular weight excluding hydrogens is 246 g/mol. The predicted octanol–water partition coefficient (Wildman–Crippen LogP) is 3.65. The average molecular weight is 256 g/mol. The molecule has 0 aliphatic heterocycles. The van der Waals surface area contributed by atoms with Crippen molar-refractivity contribution in [2.45, 2.75) is 6.92 Å². The number of pyridine rings is 1. The van der Waals surface area contributed by atoms with E-state index in [0.29, 0.717) is 11.0 Å². The average Bonchev–Trinajstić information content (AvgIpc) is 2.37. The van der Waals surface area contributed by atoms with Gasteiger partial charge in [0.25, 0.3) is 0 Å². The molecule has 0 aliphatic rings. The van der Waals surface area contributed by atoms with Crippen molar-refractivity contribution in [3.8, 4) is 11.4 Å². The van der Waals surface area contributed by atoms with Gasteiger partial charge < -0.3 is 0 Å². The second-order valence-corrected chi connectivity index (χ2v) is 4.40. The van der Waals surface area contributed by atoms with E-state index in [0.717, 1.165) is 22.3 Å². The fraction of sp³-hybridized carbons (Fsp3) is 0.0714. The van der Waals surface area contributed by atoms with Crippen molar-refractivity contribution in [3.63, 3.8) is 0 Å². The van der Waals surface area contributed by atoms with Crippen LogP contribution in [0.15, 0.2) is 42.5 Å². The van der Waals surface area contributed by atoms with Crippen LogP contribution in [0.5, 0.6) is 0 Å². The molecular formula is C14H10ClN3. The number of rotatable bonds is 1. The third-order valence-corrected chi connectivity index (χ3v) is 2.86. The van der Waals surface area contributed by atoms with E-state index >= 15 is 0 Å². The van der Waals surface area contributed by atoms with Gasteiger partial charge in [0.05, 0.1) is 16.9 Å². The molecule has 0 saturated heterocycles. The van der Waals surface area contributed by atoms with Crippen LogP contribution in [0, 0.1) is 6.92 Å². The molecule has 0 spiro atoms. The highest BCUT2D eigenvalue weighted by Gasteiger charge is 2.05. The Morgan fingerprint density at radius 1 is 0.889 bits per heavy atom. The van der Waals surface area contributed by atoms with E-state index in [1.165, 1.54) is 0 Å². The molecule has 3 rings (SSSR count). The Kier molecular flexibility index (Phi) is 2.68. The number of halogens is 1. The minimum absolute atomic E-state index is 0.437. The van der Waals surface area contributed by atoms with Gasteiger partial charge in [-0.25, -0.2) is 15.0 Å². The topological polar surface area (TPSA) is 38.7 Å². The summed E-state index contributed by atoms with van der Waals surface area (Å²) in [5, 5.41) is 1.55. The molecule has 0 radical (unpaired) electrons. The normalized spacial score (nSPS) is 10.8. The number of aryl methyl sites for hydroxylation is 1. The molecule has 0 amide bonds. The van der Waals surface area contributed by atoms with Gasteiger partial charge in [-0.05, 0) is 19.1 Å². The van der Waals surface area contributed by atoms with E-state index in [1.807, 2.05) is 43.3 Å². The lowest BCUT2D eigenvalue weighted by Gasteiger charge is -2.03. The second kappa shape index (κ2) is 4.35. The third-order valence-electron chi connectivity index (χ3n) is 2.67. The fourth-order valence-corrected chi connectivity index (χ4v) is 2.10. The van der Waals surface area contributed by atoms with Crippen LogP contribution < -0.4 is 0 Å². The summed E-state index contributed by atoms with van der Waals surface area (Å²) in [6.45, 7) is 1.82. The first-order valence-electron chi connectivity index (χ1n) is 5.60. The standard InChI is InChI=1S/C14H10ClN3/c1-9-16-13(8-14(15)17-9)12-7-6-10-4-2-3-5-11(10)18-12/h2-8H,1H3. The van der Waals surface area contributed by atoms with E-state index in [9.17, 15) is 0 Å². The zero-order valence-electron chi connectivity index (χ0n) is 9.76. The molecule has 18 heavy (non-hydrogen) atoms. The number of fused-ring (bicyclic) bond motifs is 1. The maximum atomic E-state index is 5.94. The Bertz CT molecular complexity index is 705. The number of aromatic nitrogens is 3. The molecule has 0 aliphatic carbocycles. The van der Waals surface area contributed by atoms with Crippen LogP contribution in [-0.2, 0) is 0 Å². The van der Waals surface area contributed by atoms with Crippen LogP contribution in [0.4, 0.5) is 0 Å². The molecule has 3 aromatic rings. The number of nitrogens with zero attached hydrogens (tertiary/aromatic N) is 3. The first kappa shape index (κ1) is 11.1. The highest BCUT2D eigenvalue weighted by atomic mass is 35.5. The molecule has 0 bridgehead atoms.